The zero-order valence-corrected chi connectivity index (χ0v) is 11.3. The van der Waals surface area contributed by atoms with Crippen LogP contribution in [0.15, 0.2) is 43.0 Å². The molecule has 0 radical (unpaired) electrons. The van der Waals surface area contributed by atoms with E-state index in [4.69, 9.17) is 16.3 Å². The van der Waals surface area contributed by atoms with Crippen molar-refractivity contribution in [3.05, 3.63) is 48.0 Å². The Labute approximate surface area is 120 Å². The summed E-state index contributed by atoms with van der Waals surface area (Å²) < 4.78 is 6.77. The van der Waals surface area contributed by atoms with Gasteiger partial charge in [0, 0.05) is 16.7 Å². The minimum absolute atomic E-state index is 0.486. The van der Waals surface area contributed by atoms with Gasteiger partial charge < -0.3 is 4.74 Å². The number of hydrogen-bond donors (Lipinski definition) is 0. The number of nitrogens with zero attached hydrogens (tertiary/aromatic N) is 5. The number of benzene rings is 1. The van der Waals surface area contributed by atoms with Gasteiger partial charge in [0.15, 0.2) is 0 Å². The molecule has 2 aromatic heterocycles. The van der Waals surface area contributed by atoms with Crippen molar-refractivity contribution in [2.24, 2.45) is 0 Å². The molecule has 0 N–H and O–H groups in total. The molecule has 3 aromatic rings. The SMILES string of the molecule is COc1cc(-c2cc(Cl)ccc2-n2ccnn2)ncn1. The summed E-state index contributed by atoms with van der Waals surface area (Å²) in [6.45, 7) is 0. The Morgan fingerprint density at radius 3 is 2.85 bits per heavy atom. The van der Waals surface area contributed by atoms with E-state index in [0.29, 0.717) is 16.6 Å². The Balaban J connectivity index is 2.19. The second-order valence-corrected chi connectivity index (χ2v) is 4.39. The van der Waals surface area contributed by atoms with Crippen LogP contribution in [0.5, 0.6) is 5.88 Å². The zero-order valence-electron chi connectivity index (χ0n) is 10.6. The normalized spacial score (nSPS) is 10.5. The van der Waals surface area contributed by atoms with Crippen LogP contribution in [-0.4, -0.2) is 32.1 Å². The van der Waals surface area contributed by atoms with Gasteiger partial charge in [0.1, 0.15) is 6.33 Å². The molecule has 0 fully saturated rings. The minimum Gasteiger partial charge on any atom is -0.481 e. The Hall–Kier alpha value is -2.47. The lowest BCUT2D eigenvalue weighted by atomic mass is 10.1. The Kier molecular flexibility index (Phi) is 3.30. The molecule has 0 saturated carbocycles. The summed E-state index contributed by atoms with van der Waals surface area (Å²) in [6, 6.07) is 7.22. The molecule has 20 heavy (non-hydrogen) atoms. The molecular formula is C13H10ClN5O. The number of methoxy groups -OCH3 is 1. The lowest BCUT2D eigenvalue weighted by Crippen LogP contribution is -2.00. The van der Waals surface area contributed by atoms with E-state index >= 15 is 0 Å². The van der Waals surface area contributed by atoms with Crippen molar-refractivity contribution in [3.63, 3.8) is 0 Å². The van der Waals surface area contributed by atoms with Gasteiger partial charge in [0.05, 0.1) is 30.9 Å². The van der Waals surface area contributed by atoms with E-state index in [9.17, 15) is 0 Å². The molecule has 3 rings (SSSR count). The maximum atomic E-state index is 6.08. The van der Waals surface area contributed by atoms with Gasteiger partial charge in [-0.15, -0.1) is 5.10 Å². The molecule has 0 aliphatic rings. The highest BCUT2D eigenvalue weighted by Gasteiger charge is 2.11. The summed E-state index contributed by atoms with van der Waals surface area (Å²) in [5, 5.41) is 8.42. The second kappa shape index (κ2) is 5.26. The third-order valence-corrected chi connectivity index (χ3v) is 2.99. The maximum Gasteiger partial charge on any atom is 0.216 e. The molecule has 0 saturated heterocycles. The van der Waals surface area contributed by atoms with E-state index in [-0.39, 0.29) is 0 Å². The van der Waals surface area contributed by atoms with E-state index < -0.39 is 0 Å². The van der Waals surface area contributed by atoms with E-state index in [1.165, 1.54) is 6.33 Å². The van der Waals surface area contributed by atoms with Gasteiger partial charge >= 0.3 is 0 Å². The average molecular weight is 288 g/mol. The van der Waals surface area contributed by atoms with Crippen molar-refractivity contribution in [2.45, 2.75) is 0 Å². The molecule has 6 nitrogen and oxygen atoms in total. The Morgan fingerprint density at radius 2 is 2.10 bits per heavy atom. The number of ether oxygens (including phenoxy) is 1. The van der Waals surface area contributed by atoms with Crippen LogP contribution < -0.4 is 4.74 Å². The molecule has 7 heteroatoms. The number of hydrogen-bond acceptors (Lipinski definition) is 5. The van der Waals surface area contributed by atoms with Gasteiger partial charge in [0.25, 0.3) is 0 Å². The first-order valence-corrected chi connectivity index (χ1v) is 6.18. The molecule has 100 valence electrons. The van der Waals surface area contributed by atoms with E-state index in [2.05, 4.69) is 20.3 Å². The lowest BCUT2D eigenvalue weighted by molar-refractivity contribution is 0.397. The van der Waals surface area contributed by atoms with Crippen LogP contribution in [0, 0.1) is 0 Å². The summed E-state index contributed by atoms with van der Waals surface area (Å²) in [5.74, 6) is 0.486. The highest BCUT2D eigenvalue weighted by molar-refractivity contribution is 6.31. The molecule has 2 heterocycles. The molecule has 0 amide bonds. The van der Waals surface area contributed by atoms with Crippen LogP contribution in [0.25, 0.3) is 16.9 Å². The fourth-order valence-electron chi connectivity index (χ4n) is 1.85. The zero-order chi connectivity index (χ0) is 13.9. The van der Waals surface area contributed by atoms with Crippen LogP contribution in [0.3, 0.4) is 0 Å². The second-order valence-electron chi connectivity index (χ2n) is 3.95. The van der Waals surface area contributed by atoms with E-state index in [1.54, 1.807) is 36.3 Å². The smallest absolute Gasteiger partial charge is 0.216 e. The third-order valence-electron chi connectivity index (χ3n) is 2.76. The third kappa shape index (κ3) is 2.33. The fourth-order valence-corrected chi connectivity index (χ4v) is 2.02. The topological polar surface area (TPSA) is 65.7 Å². The summed E-state index contributed by atoms with van der Waals surface area (Å²) in [7, 11) is 1.56. The van der Waals surface area contributed by atoms with Crippen molar-refractivity contribution in [2.75, 3.05) is 7.11 Å². The van der Waals surface area contributed by atoms with Crippen molar-refractivity contribution < 1.29 is 4.74 Å². The molecule has 1 aromatic carbocycles. The van der Waals surface area contributed by atoms with E-state index in [0.717, 1.165) is 11.3 Å². The first-order chi connectivity index (χ1) is 9.78. The molecule has 0 aliphatic carbocycles. The van der Waals surface area contributed by atoms with Crippen molar-refractivity contribution in [3.8, 4) is 22.8 Å². The summed E-state index contributed by atoms with van der Waals surface area (Å²) in [6.07, 6.45) is 4.81. The summed E-state index contributed by atoms with van der Waals surface area (Å²) >= 11 is 6.08. The first kappa shape index (κ1) is 12.6. The number of rotatable bonds is 3. The predicted octanol–water partition coefficient (Wildman–Crippen LogP) is 2.39. The van der Waals surface area contributed by atoms with Crippen LogP contribution >= 0.6 is 11.6 Å². The van der Waals surface area contributed by atoms with Crippen molar-refractivity contribution in [1.82, 2.24) is 25.0 Å². The molecule has 0 atom stereocenters. The summed E-state index contributed by atoms with van der Waals surface area (Å²) in [5.41, 5.74) is 2.35. The highest BCUT2D eigenvalue weighted by Crippen LogP contribution is 2.29. The molecule has 0 spiro atoms. The van der Waals surface area contributed by atoms with Gasteiger partial charge in [0.2, 0.25) is 5.88 Å². The monoisotopic (exact) mass is 287 g/mol. The average Bonchev–Trinajstić information content (AvgIpc) is 3.01. The molecule has 0 unspecified atom stereocenters. The van der Waals surface area contributed by atoms with Crippen molar-refractivity contribution in [1.29, 1.82) is 0 Å². The van der Waals surface area contributed by atoms with Crippen LogP contribution in [0.2, 0.25) is 5.02 Å². The van der Waals surface area contributed by atoms with Crippen LogP contribution in [0.1, 0.15) is 0 Å². The number of aromatic nitrogens is 5. The predicted molar refractivity (Wildman–Crippen MR) is 73.9 cm³/mol. The van der Waals surface area contributed by atoms with Crippen LogP contribution in [0.4, 0.5) is 0 Å². The van der Waals surface area contributed by atoms with E-state index in [1.807, 2.05) is 12.1 Å². The van der Waals surface area contributed by atoms with Gasteiger partial charge in [-0.05, 0) is 18.2 Å². The van der Waals surface area contributed by atoms with Gasteiger partial charge in [-0.2, -0.15) is 0 Å². The summed E-state index contributed by atoms with van der Waals surface area (Å²) in [4.78, 5) is 8.26. The minimum atomic E-state index is 0.486. The molecule has 0 aliphatic heterocycles. The van der Waals surface area contributed by atoms with Gasteiger partial charge in [-0.1, -0.05) is 16.8 Å². The first-order valence-electron chi connectivity index (χ1n) is 5.80. The van der Waals surface area contributed by atoms with Gasteiger partial charge in [-0.3, -0.25) is 0 Å². The van der Waals surface area contributed by atoms with Crippen LogP contribution in [-0.2, 0) is 0 Å². The standard InChI is InChI=1S/C13H10ClN5O/c1-20-13-7-11(15-8-16-13)10-6-9(14)2-3-12(10)19-5-4-17-18-19/h2-8H,1H3. The van der Waals surface area contributed by atoms with Crippen molar-refractivity contribution >= 4 is 11.6 Å². The van der Waals surface area contributed by atoms with Gasteiger partial charge in [-0.25, -0.2) is 14.6 Å². The quantitative estimate of drug-likeness (QED) is 0.740. The Bertz CT molecular complexity index is 729. The Morgan fingerprint density at radius 1 is 1.20 bits per heavy atom. The maximum absolute atomic E-state index is 6.08. The highest BCUT2D eigenvalue weighted by atomic mass is 35.5. The fraction of sp³-hybridized carbons (Fsp3) is 0.0769. The lowest BCUT2D eigenvalue weighted by Gasteiger charge is -2.09. The number of halogens is 1. The molecule has 0 bridgehead atoms. The molecular weight excluding hydrogens is 278 g/mol. The largest absolute Gasteiger partial charge is 0.481 e.